The van der Waals surface area contributed by atoms with E-state index in [1.165, 1.54) is 23.7 Å². The predicted octanol–water partition coefficient (Wildman–Crippen LogP) is 4.27. The van der Waals surface area contributed by atoms with Crippen molar-refractivity contribution < 1.29 is 4.79 Å². The third-order valence-electron chi connectivity index (χ3n) is 5.41. The van der Waals surface area contributed by atoms with Crippen LogP contribution in [-0.2, 0) is 11.2 Å². The molecule has 0 saturated heterocycles. The van der Waals surface area contributed by atoms with Crippen LogP contribution in [0.2, 0.25) is 0 Å². The summed E-state index contributed by atoms with van der Waals surface area (Å²) in [6.45, 7) is 4.04. The highest BCUT2D eigenvalue weighted by Crippen LogP contribution is 2.35. The van der Waals surface area contributed by atoms with Crippen LogP contribution in [0.15, 0.2) is 72.1 Å². The molecule has 1 aliphatic heterocycles. The molecule has 5 rings (SSSR count). The molecular weight excluding hydrogens is 394 g/mol. The Morgan fingerprint density at radius 2 is 1.87 bits per heavy atom. The van der Waals surface area contributed by atoms with Crippen molar-refractivity contribution in [3.63, 3.8) is 0 Å². The first-order valence-electron chi connectivity index (χ1n) is 9.95. The number of rotatable bonds is 4. The van der Waals surface area contributed by atoms with E-state index in [0.29, 0.717) is 0 Å². The lowest BCUT2D eigenvalue weighted by molar-refractivity contribution is -0.118. The lowest BCUT2D eigenvalue weighted by atomic mass is 10.1. The van der Waals surface area contributed by atoms with Gasteiger partial charge in [0.25, 0.3) is 0 Å². The Bertz CT molecular complexity index is 1220. The lowest BCUT2D eigenvalue weighted by Crippen LogP contribution is -2.40. The van der Waals surface area contributed by atoms with Crippen molar-refractivity contribution in [2.24, 2.45) is 0 Å². The van der Waals surface area contributed by atoms with Crippen molar-refractivity contribution in [1.29, 1.82) is 0 Å². The second-order valence-corrected chi connectivity index (χ2v) is 8.79. The number of hydrogen-bond acceptors (Lipinski definition) is 5. The third-order valence-corrected chi connectivity index (χ3v) is 6.51. The van der Waals surface area contributed by atoms with Crippen LogP contribution in [0, 0.1) is 0 Å². The molecule has 150 valence electrons. The molecule has 3 heterocycles. The summed E-state index contributed by atoms with van der Waals surface area (Å²) in [5.41, 5.74) is 3.92. The molecule has 2 atom stereocenters. The molecule has 0 saturated carbocycles. The first-order valence-corrected chi connectivity index (χ1v) is 10.8. The van der Waals surface area contributed by atoms with E-state index in [4.69, 9.17) is 0 Å². The summed E-state index contributed by atoms with van der Waals surface area (Å²) in [5.74, 6) is 0.0969. The van der Waals surface area contributed by atoms with Gasteiger partial charge in [-0.05, 0) is 44.0 Å². The Morgan fingerprint density at radius 3 is 2.70 bits per heavy atom. The Kier molecular flexibility index (Phi) is 4.75. The minimum Gasteiger partial charge on any atom is -0.308 e. The van der Waals surface area contributed by atoms with Crippen LogP contribution in [0.3, 0.4) is 0 Å². The van der Waals surface area contributed by atoms with Crippen LogP contribution in [0.4, 0.5) is 5.69 Å². The van der Waals surface area contributed by atoms with Crippen LogP contribution in [-0.4, -0.2) is 36.9 Å². The molecule has 0 fully saturated rings. The number of benzene rings is 2. The Balaban J connectivity index is 1.43. The monoisotopic (exact) mass is 415 g/mol. The molecule has 1 amide bonds. The van der Waals surface area contributed by atoms with Gasteiger partial charge in [-0.25, -0.2) is 14.6 Å². The van der Waals surface area contributed by atoms with Crippen LogP contribution < -0.4 is 4.90 Å². The van der Waals surface area contributed by atoms with Gasteiger partial charge < -0.3 is 4.90 Å². The van der Waals surface area contributed by atoms with Crippen molar-refractivity contribution in [1.82, 2.24) is 19.7 Å². The maximum absolute atomic E-state index is 13.3. The van der Waals surface area contributed by atoms with E-state index < -0.39 is 0 Å². The highest BCUT2D eigenvalue weighted by molar-refractivity contribution is 8.00. The molecule has 4 aromatic rings. The molecule has 30 heavy (non-hydrogen) atoms. The van der Waals surface area contributed by atoms with Crippen LogP contribution in [0.5, 0.6) is 0 Å². The van der Waals surface area contributed by atoms with Crippen molar-refractivity contribution in [2.75, 3.05) is 4.90 Å². The number of aromatic nitrogens is 4. The van der Waals surface area contributed by atoms with Gasteiger partial charge in [0.05, 0.1) is 22.5 Å². The molecule has 0 spiro atoms. The largest absolute Gasteiger partial charge is 0.308 e. The van der Waals surface area contributed by atoms with E-state index in [9.17, 15) is 4.79 Å². The summed E-state index contributed by atoms with van der Waals surface area (Å²) in [6, 6.07) is 18.2. The number of carbonyl (C=O) groups is 1. The molecular formula is C23H21N5OS. The number of para-hydroxylation sites is 2. The average Bonchev–Trinajstić information content (AvgIpc) is 3.35. The van der Waals surface area contributed by atoms with E-state index in [-0.39, 0.29) is 17.2 Å². The fourth-order valence-corrected chi connectivity index (χ4v) is 4.92. The van der Waals surface area contributed by atoms with Crippen LogP contribution in [0.1, 0.15) is 19.4 Å². The van der Waals surface area contributed by atoms with E-state index in [2.05, 4.69) is 28.1 Å². The van der Waals surface area contributed by atoms with Gasteiger partial charge in [-0.1, -0.05) is 48.2 Å². The molecule has 2 aromatic heterocycles. The molecule has 7 heteroatoms. The van der Waals surface area contributed by atoms with Gasteiger partial charge in [-0.15, -0.1) is 0 Å². The van der Waals surface area contributed by atoms with Crippen LogP contribution in [0.25, 0.3) is 16.7 Å². The van der Waals surface area contributed by atoms with E-state index >= 15 is 0 Å². The smallest absolute Gasteiger partial charge is 0.240 e. The van der Waals surface area contributed by atoms with Gasteiger partial charge in [-0.3, -0.25) is 4.79 Å². The predicted molar refractivity (Wildman–Crippen MR) is 119 cm³/mol. The topological polar surface area (TPSA) is 63.9 Å². The van der Waals surface area contributed by atoms with Gasteiger partial charge in [0.15, 0.2) is 5.65 Å². The van der Waals surface area contributed by atoms with Gasteiger partial charge in [0, 0.05) is 11.7 Å². The minimum atomic E-state index is -0.281. The molecule has 6 nitrogen and oxygen atoms in total. The average molecular weight is 416 g/mol. The summed E-state index contributed by atoms with van der Waals surface area (Å²) in [5, 5.41) is 5.84. The number of hydrogen-bond donors (Lipinski definition) is 0. The zero-order valence-electron chi connectivity index (χ0n) is 16.8. The Labute approximate surface area is 179 Å². The fourth-order valence-electron chi connectivity index (χ4n) is 3.99. The Morgan fingerprint density at radius 1 is 1.10 bits per heavy atom. The molecule has 2 unspecified atom stereocenters. The Hall–Kier alpha value is -3.19. The molecule has 0 bridgehead atoms. The van der Waals surface area contributed by atoms with Crippen molar-refractivity contribution >= 4 is 34.4 Å². The number of thioether (sulfide) groups is 1. The molecule has 1 aliphatic rings. The molecule has 0 N–H and O–H groups in total. The first-order chi connectivity index (χ1) is 14.6. The number of amides is 1. The summed E-state index contributed by atoms with van der Waals surface area (Å²) < 4.78 is 1.80. The highest BCUT2D eigenvalue weighted by Gasteiger charge is 2.33. The molecule has 2 aromatic carbocycles. The SMILES string of the molecule is CC(Sc1ncnc2c1cnn2-c1ccccc1)C(=O)N1c2ccccc2CC1C. The number of nitrogens with zero attached hydrogens (tertiary/aromatic N) is 5. The summed E-state index contributed by atoms with van der Waals surface area (Å²) >= 11 is 1.46. The van der Waals surface area contributed by atoms with E-state index in [1.54, 1.807) is 10.9 Å². The number of fused-ring (bicyclic) bond motifs is 2. The second-order valence-electron chi connectivity index (χ2n) is 7.46. The lowest BCUT2D eigenvalue weighted by Gasteiger charge is -2.25. The first kappa shape index (κ1) is 18.8. The van der Waals surface area contributed by atoms with Crippen molar-refractivity contribution in [2.45, 2.75) is 36.6 Å². The molecule has 0 radical (unpaired) electrons. The quantitative estimate of drug-likeness (QED) is 0.368. The maximum Gasteiger partial charge on any atom is 0.240 e. The summed E-state index contributed by atoms with van der Waals surface area (Å²) in [6.07, 6.45) is 4.20. The zero-order chi connectivity index (χ0) is 20.7. The second kappa shape index (κ2) is 7.57. The van der Waals surface area contributed by atoms with Gasteiger partial charge in [0.1, 0.15) is 11.4 Å². The van der Waals surface area contributed by atoms with E-state index in [0.717, 1.165) is 33.9 Å². The van der Waals surface area contributed by atoms with E-state index in [1.807, 2.05) is 60.4 Å². The number of carbonyl (C=O) groups excluding carboxylic acids is 1. The number of anilines is 1. The van der Waals surface area contributed by atoms with Crippen molar-refractivity contribution in [3.05, 3.63) is 72.7 Å². The van der Waals surface area contributed by atoms with Gasteiger partial charge >= 0.3 is 0 Å². The summed E-state index contributed by atoms with van der Waals surface area (Å²) in [7, 11) is 0. The highest BCUT2D eigenvalue weighted by atomic mass is 32.2. The molecule has 0 aliphatic carbocycles. The van der Waals surface area contributed by atoms with Crippen molar-refractivity contribution in [3.8, 4) is 5.69 Å². The van der Waals surface area contributed by atoms with Gasteiger partial charge in [0.2, 0.25) is 5.91 Å². The van der Waals surface area contributed by atoms with Crippen LogP contribution >= 0.6 is 11.8 Å². The minimum absolute atomic E-state index is 0.0969. The third kappa shape index (κ3) is 3.15. The normalized spacial score (nSPS) is 16.6. The fraction of sp³-hybridized carbons (Fsp3) is 0.217. The maximum atomic E-state index is 13.3. The summed E-state index contributed by atoms with van der Waals surface area (Å²) in [4.78, 5) is 24.1. The van der Waals surface area contributed by atoms with Gasteiger partial charge in [-0.2, -0.15) is 5.10 Å². The zero-order valence-corrected chi connectivity index (χ0v) is 17.6. The standard InChI is InChI=1S/C23H21N5OS/c1-15-12-17-8-6-7-11-20(17)27(15)23(29)16(2)30-22-19-13-26-28(21(19)24-14-25-22)18-9-4-3-5-10-18/h3-11,13-16H,12H2,1-2H3.